The van der Waals surface area contributed by atoms with Crippen molar-refractivity contribution < 1.29 is 31.1 Å². The maximum atomic E-state index is 12.4. The van der Waals surface area contributed by atoms with Gasteiger partial charge < -0.3 is 10.2 Å². The Labute approximate surface area is 104 Å². The molecule has 2 heterocycles. The number of nitrogens with one attached hydrogen (secondary N) is 1. The van der Waals surface area contributed by atoms with Crippen molar-refractivity contribution >= 4 is 5.91 Å². The summed E-state index contributed by atoms with van der Waals surface area (Å²) in [6.45, 7) is 0.965. The van der Waals surface area contributed by atoms with Gasteiger partial charge in [-0.1, -0.05) is 0 Å². The zero-order valence-corrected chi connectivity index (χ0v) is 9.68. The van der Waals surface area contributed by atoms with Gasteiger partial charge in [-0.15, -0.1) is 0 Å². The lowest BCUT2D eigenvalue weighted by molar-refractivity contribution is -0.277. The lowest BCUT2D eigenvalue weighted by Gasteiger charge is -2.27. The van der Waals surface area contributed by atoms with Crippen LogP contribution in [0, 0.1) is 17.8 Å². The molecule has 0 radical (unpaired) electrons. The molecule has 2 unspecified atom stereocenters. The maximum absolute atomic E-state index is 12.4. The molecule has 0 aromatic carbocycles. The van der Waals surface area contributed by atoms with E-state index in [4.69, 9.17) is 0 Å². The van der Waals surface area contributed by atoms with Crippen molar-refractivity contribution in [1.29, 1.82) is 0 Å². The minimum absolute atomic E-state index is 0.0425. The Morgan fingerprint density at radius 1 is 1.00 bits per heavy atom. The summed E-state index contributed by atoms with van der Waals surface area (Å²) in [5.74, 6) is -5.89. The summed E-state index contributed by atoms with van der Waals surface area (Å²) in [5.41, 5.74) is 0. The summed E-state index contributed by atoms with van der Waals surface area (Å²) in [6, 6.07) is 0. The molecule has 1 N–H and O–H groups in total. The number of carbonyl (C=O) groups is 1. The second-order valence-corrected chi connectivity index (χ2v) is 4.94. The highest BCUT2D eigenvalue weighted by molar-refractivity contribution is 5.80. The molecule has 0 bridgehead atoms. The van der Waals surface area contributed by atoms with E-state index < -0.39 is 24.2 Å². The second kappa shape index (κ2) is 4.53. The zero-order chi connectivity index (χ0) is 14.4. The van der Waals surface area contributed by atoms with Gasteiger partial charge in [-0.2, -0.15) is 26.3 Å². The van der Waals surface area contributed by atoms with Gasteiger partial charge in [-0.25, -0.2) is 0 Å². The molecule has 0 aromatic heterocycles. The molecule has 110 valence electrons. The van der Waals surface area contributed by atoms with Crippen molar-refractivity contribution in [2.24, 2.45) is 17.8 Å². The van der Waals surface area contributed by atoms with E-state index in [-0.39, 0.29) is 24.9 Å². The predicted octanol–water partition coefficient (Wildman–Crippen LogP) is 1.40. The summed E-state index contributed by atoms with van der Waals surface area (Å²) in [4.78, 5) is 12.2. The Kier molecular flexibility index (Phi) is 3.44. The van der Waals surface area contributed by atoms with E-state index in [1.807, 2.05) is 0 Å². The van der Waals surface area contributed by atoms with Crippen LogP contribution in [0.5, 0.6) is 0 Å². The van der Waals surface area contributed by atoms with Crippen LogP contribution in [0.4, 0.5) is 26.3 Å². The van der Waals surface area contributed by atoms with E-state index >= 15 is 0 Å². The van der Waals surface area contributed by atoms with E-state index in [1.54, 1.807) is 0 Å². The number of rotatable bonds is 1. The Morgan fingerprint density at radius 2 is 1.42 bits per heavy atom. The SMILES string of the molecule is O=C(C(C(F)(F)F)C(F)(F)F)N1CC2CNCC2C1. The molecule has 0 saturated carbocycles. The minimum atomic E-state index is -5.61. The van der Waals surface area contributed by atoms with Crippen molar-refractivity contribution in [1.82, 2.24) is 10.2 Å². The van der Waals surface area contributed by atoms with E-state index in [9.17, 15) is 31.1 Å². The number of alkyl halides is 6. The van der Waals surface area contributed by atoms with Crippen LogP contribution in [0.2, 0.25) is 0 Å². The van der Waals surface area contributed by atoms with Crippen molar-refractivity contribution in [3.8, 4) is 0 Å². The number of likely N-dealkylation sites (tertiary alicyclic amines) is 1. The van der Waals surface area contributed by atoms with Crippen LogP contribution in [0.1, 0.15) is 0 Å². The molecule has 0 aromatic rings. The lowest BCUT2D eigenvalue weighted by atomic mass is 10.0. The summed E-state index contributed by atoms with van der Waals surface area (Å²) in [5, 5.41) is 2.99. The summed E-state index contributed by atoms with van der Waals surface area (Å²) >= 11 is 0. The van der Waals surface area contributed by atoms with Crippen molar-refractivity contribution in [3.05, 3.63) is 0 Å². The number of amides is 1. The Hall–Kier alpha value is -0.990. The molecule has 9 heteroatoms. The highest BCUT2D eigenvalue weighted by Gasteiger charge is 2.62. The first-order valence-electron chi connectivity index (χ1n) is 5.73. The van der Waals surface area contributed by atoms with Crippen molar-refractivity contribution in [2.45, 2.75) is 12.4 Å². The number of hydrogen-bond acceptors (Lipinski definition) is 2. The van der Waals surface area contributed by atoms with Crippen LogP contribution in [-0.4, -0.2) is 49.3 Å². The zero-order valence-electron chi connectivity index (χ0n) is 9.68. The molecule has 2 atom stereocenters. The number of fused-ring (bicyclic) bond motifs is 1. The van der Waals surface area contributed by atoms with Gasteiger partial charge in [0, 0.05) is 26.2 Å². The van der Waals surface area contributed by atoms with Gasteiger partial charge >= 0.3 is 12.4 Å². The summed E-state index contributed by atoms with van der Waals surface area (Å²) < 4.78 is 74.6. The number of hydrogen-bond donors (Lipinski definition) is 1. The lowest BCUT2D eigenvalue weighted by Crippen LogP contribution is -2.49. The Balaban J connectivity index is 2.13. The second-order valence-electron chi connectivity index (χ2n) is 4.94. The molecule has 3 nitrogen and oxygen atoms in total. The van der Waals surface area contributed by atoms with Gasteiger partial charge in [0.15, 0.2) is 0 Å². The van der Waals surface area contributed by atoms with E-state index in [0.29, 0.717) is 18.0 Å². The Bertz CT molecular complexity index is 340. The molecule has 2 saturated heterocycles. The van der Waals surface area contributed by atoms with Crippen LogP contribution in [0.3, 0.4) is 0 Å². The molecule has 0 aliphatic carbocycles. The van der Waals surface area contributed by atoms with Gasteiger partial charge in [-0.05, 0) is 11.8 Å². The van der Waals surface area contributed by atoms with Crippen LogP contribution in [-0.2, 0) is 4.79 Å². The Morgan fingerprint density at radius 3 is 1.79 bits per heavy atom. The average Bonchev–Trinajstić information content (AvgIpc) is 2.69. The third kappa shape index (κ3) is 2.80. The maximum Gasteiger partial charge on any atom is 0.409 e. The van der Waals surface area contributed by atoms with Gasteiger partial charge in [0.1, 0.15) is 0 Å². The van der Waals surface area contributed by atoms with E-state index in [1.165, 1.54) is 0 Å². The third-order valence-electron chi connectivity index (χ3n) is 3.60. The molecule has 19 heavy (non-hydrogen) atoms. The first kappa shape index (κ1) is 14.4. The highest BCUT2D eigenvalue weighted by Crippen LogP contribution is 2.41. The molecular weight excluding hydrogens is 278 g/mol. The van der Waals surface area contributed by atoms with E-state index in [2.05, 4.69) is 5.32 Å². The standard InChI is InChI=1S/C10H12F6N2O/c11-9(12,13)7(10(14,15)16)8(19)18-3-5-1-17-2-6(5)4-18/h5-7,17H,1-4H2. The number of carbonyl (C=O) groups excluding carboxylic acids is 1. The number of nitrogens with zero attached hydrogens (tertiary/aromatic N) is 1. The van der Waals surface area contributed by atoms with Gasteiger partial charge in [-0.3, -0.25) is 4.79 Å². The normalized spacial score (nSPS) is 28.1. The molecule has 2 aliphatic heterocycles. The minimum Gasteiger partial charge on any atom is -0.341 e. The van der Waals surface area contributed by atoms with Crippen LogP contribution < -0.4 is 5.32 Å². The molecular formula is C10H12F6N2O. The fourth-order valence-corrected chi connectivity index (χ4v) is 2.68. The third-order valence-corrected chi connectivity index (χ3v) is 3.60. The number of halogens is 6. The van der Waals surface area contributed by atoms with Gasteiger partial charge in [0.05, 0.1) is 0 Å². The fraction of sp³-hybridized carbons (Fsp3) is 0.900. The highest BCUT2D eigenvalue weighted by atomic mass is 19.4. The predicted molar refractivity (Wildman–Crippen MR) is 52.0 cm³/mol. The molecule has 1 amide bonds. The molecule has 2 aliphatic rings. The fourth-order valence-electron chi connectivity index (χ4n) is 2.68. The smallest absolute Gasteiger partial charge is 0.341 e. The molecule has 2 rings (SSSR count). The van der Waals surface area contributed by atoms with E-state index in [0.717, 1.165) is 0 Å². The van der Waals surface area contributed by atoms with Crippen LogP contribution in [0.25, 0.3) is 0 Å². The first-order valence-corrected chi connectivity index (χ1v) is 5.73. The van der Waals surface area contributed by atoms with Gasteiger partial charge in [0.25, 0.3) is 0 Å². The van der Waals surface area contributed by atoms with Crippen molar-refractivity contribution in [3.63, 3.8) is 0 Å². The van der Waals surface area contributed by atoms with Crippen LogP contribution >= 0.6 is 0 Å². The van der Waals surface area contributed by atoms with Gasteiger partial charge in [0.2, 0.25) is 11.8 Å². The molecule has 2 fully saturated rings. The average molecular weight is 290 g/mol. The first-order chi connectivity index (χ1) is 8.60. The summed E-state index contributed by atoms with van der Waals surface area (Å²) in [6.07, 6.45) is -11.2. The quantitative estimate of drug-likeness (QED) is 0.741. The topological polar surface area (TPSA) is 32.3 Å². The van der Waals surface area contributed by atoms with Crippen LogP contribution in [0.15, 0.2) is 0 Å². The monoisotopic (exact) mass is 290 g/mol. The van der Waals surface area contributed by atoms with Crippen molar-refractivity contribution in [2.75, 3.05) is 26.2 Å². The summed E-state index contributed by atoms with van der Waals surface area (Å²) in [7, 11) is 0. The largest absolute Gasteiger partial charge is 0.409 e. The molecule has 0 spiro atoms.